The number of nitrogens with one attached hydrogen (secondary N) is 1. The largest absolute Gasteiger partial charge is 0.459 e. The summed E-state index contributed by atoms with van der Waals surface area (Å²) < 4.78 is 5.00. The lowest BCUT2D eigenvalue weighted by atomic mass is 9.99. The summed E-state index contributed by atoms with van der Waals surface area (Å²) >= 11 is 1.74. The highest BCUT2D eigenvalue weighted by atomic mass is 32.1. The topological polar surface area (TPSA) is 51.2 Å². The smallest absolute Gasteiger partial charge is 0.303 e. The third-order valence-electron chi connectivity index (χ3n) is 3.01. The van der Waals surface area contributed by atoms with Gasteiger partial charge < -0.3 is 10.1 Å². The van der Waals surface area contributed by atoms with Crippen LogP contribution in [0.3, 0.4) is 0 Å². The van der Waals surface area contributed by atoms with Gasteiger partial charge in [0, 0.05) is 17.7 Å². The van der Waals surface area contributed by atoms with E-state index in [4.69, 9.17) is 4.74 Å². The second-order valence-electron chi connectivity index (χ2n) is 4.36. The maximum Gasteiger partial charge on any atom is 0.303 e. The number of nitrogens with zero attached hydrogens (tertiary/aromatic N) is 1. The van der Waals surface area contributed by atoms with Crippen LogP contribution in [-0.2, 0) is 16.1 Å². The number of ether oxygens (including phenoxy) is 1. The highest BCUT2D eigenvalue weighted by Gasteiger charge is 2.20. The lowest BCUT2D eigenvalue weighted by Crippen LogP contribution is -2.26. The highest BCUT2D eigenvalue weighted by molar-refractivity contribution is 7.11. The molecule has 5 heteroatoms. The van der Waals surface area contributed by atoms with E-state index in [1.54, 1.807) is 11.3 Å². The molecule has 2 heterocycles. The fourth-order valence-corrected chi connectivity index (χ4v) is 3.09. The molecule has 0 spiro atoms. The second kappa shape index (κ2) is 5.60. The van der Waals surface area contributed by atoms with E-state index in [0.29, 0.717) is 12.5 Å². The third kappa shape index (κ3) is 3.26. The van der Waals surface area contributed by atoms with Gasteiger partial charge in [-0.25, -0.2) is 4.98 Å². The van der Waals surface area contributed by atoms with Crippen LogP contribution < -0.4 is 5.32 Å². The van der Waals surface area contributed by atoms with Crippen LogP contribution in [-0.4, -0.2) is 24.0 Å². The molecule has 1 N–H and O–H groups in total. The van der Waals surface area contributed by atoms with Gasteiger partial charge in [-0.15, -0.1) is 11.3 Å². The molecule has 94 valence electrons. The summed E-state index contributed by atoms with van der Waals surface area (Å²) in [5, 5.41) is 4.55. The Bertz CT molecular complexity index is 397. The molecule has 0 aliphatic carbocycles. The minimum Gasteiger partial charge on any atom is -0.459 e. The van der Waals surface area contributed by atoms with Crippen molar-refractivity contribution >= 4 is 17.3 Å². The first kappa shape index (κ1) is 12.5. The van der Waals surface area contributed by atoms with Crippen LogP contribution in [0, 0.1) is 6.92 Å². The Morgan fingerprint density at radius 1 is 1.53 bits per heavy atom. The first-order valence-electron chi connectivity index (χ1n) is 5.97. The molecule has 1 aromatic rings. The molecule has 0 bridgehead atoms. The molecule has 0 amide bonds. The Morgan fingerprint density at radius 2 is 2.24 bits per heavy atom. The summed E-state index contributed by atoms with van der Waals surface area (Å²) in [5.41, 5.74) is 0.915. The van der Waals surface area contributed by atoms with Gasteiger partial charge >= 0.3 is 5.97 Å². The molecule has 1 aliphatic heterocycles. The van der Waals surface area contributed by atoms with Crippen molar-refractivity contribution in [3.05, 3.63) is 15.6 Å². The van der Waals surface area contributed by atoms with Crippen molar-refractivity contribution in [3.8, 4) is 0 Å². The molecule has 0 saturated carbocycles. The van der Waals surface area contributed by atoms with E-state index in [1.807, 2.05) is 6.92 Å². The Balaban J connectivity index is 2.03. The Kier molecular flexibility index (Phi) is 4.12. The van der Waals surface area contributed by atoms with Crippen molar-refractivity contribution in [3.63, 3.8) is 0 Å². The van der Waals surface area contributed by atoms with Crippen molar-refractivity contribution in [2.75, 3.05) is 13.1 Å². The Hall–Kier alpha value is -0.940. The fraction of sp³-hybridized carbons (Fsp3) is 0.667. The average molecular weight is 254 g/mol. The van der Waals surface area contributed by atoms with Crippen LogP contribution in [0.5, 0.6) is 0 Å². The number of hydrogen-bond acceptors (Lipinski definition) is 5. The van der Waals surface area contributed by atoms with E-state index in [9.17, 15) is 4.79 Å². The molecule has 0 atom stereocenters. The molecule has 2 rings (SSSR count). The van der Waals surface area contributed by atoms with Crippen molar-refractivity contribution in [2.45, 2.75) is 39.2 Å². The van der Waals surface area contributed by atoms with Crippen LogP contribution >= 0.6 is 11.3 Å². The van der Waals surface area contributed by atoms with E-state index < -0.39 is 0 Å². The van der Waals surface area contributed by atoms with Gasteiger partial charge in [-0.1, -0.05) is 0 Å². The quantitative estimate of drug-likeness (QED) is 0.838. The number of carbonyl (C=O) groups excluding carboxylic acids is 1. The third-order valence-corrected chi connectivity index (χ3v) is 4.19. The predicted molar refractivity (Wildman–Crippen MR) is 67.2 cm³/mol. The van der Waals surface area contributed by atoms with Crippen LogP contribution in [0.2, 0.25) is 0 Å². The van der Waals surface area contributed by atoms with Gasteiger partial charge in [0.25, 0.3) is 0 Å². The van der Waals surface area contributed by atoms with Crippen molar-refractivity contribution in [1.29, 1.82) is 0 Å². The fourth-order valence-electron chi connectivity index (χ4n) is 2.00. The maximum atomic E-state index is 10.8. The normalized spacial score (nSPS) is 17.1. The lowest BCUT2D eigenvalue weighted by molar-refractivity contribution is -0.142. The molecule has 0 aromatic carbocycles. The summed E-state index contributed by atoms with van der Waals surface area (Å²) in [6.07, 6.45) is 2.31. The van der Waals surface area contributed by atoms with Crippen molar-refractivity contribution in [2.24, 2.45) is 0 Å². The molecular formula is C12H18N2O2S. The number of thiazole rings is 1. The van der Waals surface area contributed by atoms with Crippen LogP contribution in [0.1, 0.15) is 41.3 Å². The molecular weight excluding hydrogens is 236 g/mol. The van der Waals surface area contributed by atoms with E-state index in [0.717, 1.165) is 31.6 Å². The summed E-state index contributed by atoms with van der Waals surface area (Å²) in [5.74, 6) is 0.326. The maximum absolute atomic E-state index is 10.8. The van der Waals surface area contributed by atoms with Crippen molar-refractivity contribution in [1.82, 2.24) is 10.3 Å². The SMILES string of the molecule is CC(=O)OCc1nc(C2CCNCC2)sc1C. The molecule has 17 heavy (non-hydrogen) atoms. The summed E-state index contributed by atoms with van der Waals surface area (Å²) in [4.78, 5) is 16.6. The van der Waals surface area contributed by atoms with Crippen LogP contribution in [0.4, 0.5) is 0 Å². The second-order valence-corrected chi connectivity index (χ2v) is 5.59. The summed E-state index contributed by atoms with van der Waals surface area (Å²) in [7, 11) is 0. The standard InChI is InChI=1S/C12H18N2O2S/c1-8-11(7-16-9(2)15)14-12(17-8)10-3-5-13-6-4-10/h10,13H,3-7H2,1-2H3. The summed E-state index contributed by atoms with van der Waals surface area (Å²) in [6.45, 7) is 5.92. The molecule has 0 radical (unpaired) electrons. The molecule has 1 saturated heterocycles. The van der Waals surface area contributed by atoms with Crippen LogP contribution in [0.25, 0.3) is 0 Å². The first-order chi connectivity index (χ1) is 8.16. The zero-order valence-corrected chi connectivity index (χ0v) is 11.1. The average Bonchev–Trinajstić information content (AvgIpc) is 2.69. The predicted octanol–water partition coefficient (Wildman–Crippen LogP) is 1.98. The number of aryl methyl sites for hydroxylation is 1. The Labute approximate surface area is 105 Å². The van der Waals surface area contributed by atoms with Gasteiger partial charge in [-0.2, -0.15) is 0 Å². The molecule has 0 unspecified atom stereocenters. The molecule has 1 aromatic heterocycles. The number of rotatable bonds is 3. The number of hydrogen-bond donors (Lipinski definition) is 1. The van der Waals surface area contributed by atoms with Gasteiger partial charge in [0.2, 0.25) is 0 Å². The van der Waals surface area contributed by atoms with Gasteiger partial charge in [0.15, 0.2) is 0 Å². The van der Waals surface area contributed by atoms with Crippen LogP contribution in [0.15, 0.2) is 0 Å². The summed E-state index contributed by atoms with van der Waals surface area (Å²) in [6, 6.07) is 0. The zero-order valence-electron chi connectivity index (χ0n) is 10.3. The van der Waals surface area contributed by atoms with Gasteiger partial charge in [-0.3, -0.25) is 4.79 Å². The van der Waals surface area contributed by atoms with Crippen molar-refractivity contribution < 1.29 is 9.53 Å². The van der Waals surface area contributed by atoms with Gasteiger partial charge in [0.05, 0.1) is 10.7 Å². The molecule has 1 aliphatic rings. The number of esters is 1. The first-order valence-corrected chi connectivity index (χ1v) is 6.78. The Morgan fingerprint density at radius 3 is 2.88 bits per heavy atom. The highest BCUT2D eigenvalue weighted by Crippen LogP contribution is 2.30. The zero-order chi connectivity index (χ0) is 12.3. The van der Waals surface area contributed by atoms with E-state index in [-0.39, 0.29) is 5.97 Å². The van der Waals surface area contributed by atoms with E-state index >= 15 is 0 Å². The lowest BCUT2D eigenvalue weighted by Gasteiger charge is -2.20. The minimum atomic E-state index is -0.249. The van der Waals surface area contributed by atoms with E-state index in [1.165, 1.54) is 16.8 Å². The van der Waals surface area contributed by atoms with Gasteiger partial charge in [-0.05, 0) is 32.9 Å². The number of aromatic nitrogens is 1. The monoisotopic (exact) mass is 254 g/mol. The number of carbonyl (C=O) groups is 1. The molecule has 4 nitrogen and oxygen atoms in total. The number of piperidine rings is 1. The van der Waals surface area contributed by atoms with E-state index in [2.05, 4.69) is 10.3 Å². The van der Waals surface area contributed by atoms with Gasteiger partial charge in [0.1, 0.15) is 6.61 Å². The molecule has 1 fully saturated rings. The minimum absolute atomic E-state index is 0.249.